The number of rotatable bonds is 3. The molecule has 23 heavy (non-hydrogen) atoms. The van der Waals surface area contributed by atoms with Crippen LogP contribution in [0.25, 0.3) is 0 Å². The van der Waals surface area contributed by atoms with Crippen LogP contribution in [0.2, 0.25) is 0 Å². The Hall–Kier alpha value is -2.34. The first-order valence-electron chi connectivity index (χ1n) is 7.76. The van der Waals surface area contributed by atoms with Crippen molar-refractivity contribution < 1.29 is 18.7 Å². The molecule has 6 nitrogen and oxygen atoms in total. The average molecular weight is 314 g/mol. The number of likely N-dealkylation sites (tertiary alicyclic amines) is 1. The molecule has 6 heteroatoms. The fourth-order valence-corrected chi connectivity index (χ4v) is 3.36. The molecule has 2 atom stereocenters. The topological polar surface area (TPSA) is 64.8 Å². The molecule has 1 spiro atoms. The highest BCUT2D eigenvalue weighted by Crippen LogP contribution is 2.37. The Morgan fingerprint density at radius 3 is 3.17 bits per heavy atom. The first-order valence-corrected chi connectivity index (χ1v) is 7.76. The van der Waals surface area contributed by atoms with E-state index in [0.29, 0.717) is 25.3 Å². The van der Waals surface area contributed by atoms with E-state index >= 15 is 0 Å². The second-order valence-corrected chi connectivity index (χ2v) is 6.12. The van der Waals surface area contributed by atoms with Crippen LogP contribution < -0.4 is 4.74 Å². The third kappa shape index (κ3) is 2.82. The highest BCUT2D eigenvalue weighted by Gasteiger charge is 2.47. The van der Waals surface area contributed by atoms with Gasteiger partial charge in [-0.25, -0.2) is 0 Å². The Labute approximate surface area is 134 Å². The minimum absolute atomic E-state index is 0.00294. The van der Waals surface area contributed by atoms with E-state index in [0.717, 1.165) is 18.6 Å². The SMILES string of the molecule is O=C(c1ccoc1)N1CCC2(CC(Oc3cccnc3)CO2)C1. The molecule has 0 aliphatic carbocycles. The molecule has 2 fully saturated rings. The quantitative estimate of drug-likeness (QED) is 0.868. The zero-order valence-electron chi connectivity index (χ0n) is 12.7. The van der Waals surface area contributed by atoms with Gasteiger partial charge in [-0.2, -0.15) is 0 Å². The molecule has 4 rings (SSSR count). The summed E-state index contributed by atoms with van der Waals surface area (Å²) in [6, 6.07) is 5.43. The minimum atomic E-state index is -0.285. The van der Waals surface area contributed by atoms with Crippen molar-refractivity contribution >= 4 is 5.91 Å². The summed E-state index contributed by atoms with van der Waals surface area (Å²) in [4.78, 5) is 18.3. The normalized spacial score (nSPS) is 26.8. The Kier molecular flexibility index (Phi) is 3.53. The van der Waals surface area contributed by atoms with E-state index < -0.39 is 0 Å². The van der Waals surface area contributed by atoms with E-state index in [-0.39, 0.29) is 17.6 Å². The summed E-state index contributed by atoms with van der Waals surface area (Å²) in [6.07, 6.45) is 8.05. The zero-order valence-corrected chi connectivity index (χ0v) is 12.7. The summed E-state index contributed by atoms with van der Waals surface area (Å²) in [5.74, 6) is 0.748. The maximum Gasteiger partial charge on any atom is 0.257 e. The van der Waals surface area contributed by atoms with Gasteiger partial charge in [0.05, 0.1) is 36.8 Å². The second kappa shape index (κ2) is 5.70. The lowest BCUT2D eigenvalue weighted by Crippen LogP contribution is -2.36. The third-order valence-corrected chi connectivity index (χ3v) is 4.48. The van der Waals surface area contributed by atoms with Gasteiger partial charge in [-0.3, -0.25) is 9.78 Å². The number of amides is 1. The highest BCUT2D eigenvalue weighted by atomic mass is 16.6. The number of ether oxygens (including phenoxy) is 2. The van der Waals surface area contributed by atoms with E-state index in [1.807, 2.05) is 17.0 Å². The number of aromatic nitrogens is 1. The van der Waals surface area contributed by atoms with Crippen LogP contribution >= 0.6 is 0 Å². The Morgan fingerprint density at radius 1 is 1.43 bits per heavy atom. The van der Waals surface area contributed by atoms with Gasteiger partial charge in [-0.05, 0) is 24.6 Å². The zero-order chi connectivity index (χ0) is 15.7. The van der Waals surface area contributed by atoms with Crippen molar-refractivity contribution in [1.82, 2.24) is 9.88 Å². The molecular weight excluding hydrogens is 296 g/mol. The van der Waals surface area contributed by atoms with E-state index in [9.17, 15) is 4.79 Å². The van der Waals surface area contributed by atoms with E-state index in [2.05, 4.69) is 4.98 Å². The van der Waals surface area contributed by atoms with Gasteiger partial charge in [0.1, 0.15) is 18.1 Å². The van der Waals surface area contributed by atoms with Crippen LogP contribution in [0.3, 0.4) is 0 Å². The summed E-state index contributed by atoms with van der Waals surface area (Å²) in [7, 11) is 0. The summed E-state index contributed by atoms with van der Waals surface area (Å²) in [5, 5.41) is 0. The molecule has 120 valence electrons. The van der Waals surface area contributed by atoms with Crippen molar-refractivity contribution in [2.45, 2.75) is 24.5 Å². The molecule has 0 bridgehead atoms. The van der Waals surface area contributed by atoms with Crippen LogP contribution in [0.4, 0.5) is 0 Å². The predicted octanol–water partition coefficient (Wildman–Crippen LogP) is 2.13. The van der Waals surface area contributed by atoms with Crippen molar-refractivity contribution in [2.24, 2.45) is 0 Å². The maximum atomic E-state index is 12.4. The first-order chi connectivity index (χ1) is 11.2. The van der Waals surface area contributed by atoms with Gasteiger partial charge < -0.3 is 18.8 Å². The summed E-state index contributed by atoms with van der Waals surface area (Å²) in [5.41, 5.74) is 0.301. The largest absolute Gasteiger partial charge is 0.486 e. The van der Waals surface area contributed by atoms with Crippen molar-refractivity contribution in [1.29, 1.82) is 0 Å². The Bertz CT molecular complexity index is 673. The summed E-state index contributed by atoms with van der Waals surface area (Å²) < 4.78 is 16.9. The van der Waals surface area contributed by atoms with Crippen LogP contribution in [-0.2, 0) is 4.74 Å². The highest BCUT2D eigenvalue weighted by molar-refractivity contribution is 5.94. The first kappa shape index (κ1) is 14.3. The second-order valence-electron chi connectivity index (χ2n) is 6.12. The van der Waals surface area contributed by atoms with Gasteiger partial charge in [0.2, 0.25) is 0 Å². The lowest BCUT2D eigenvalue weighted by atomic mass is 9.98. The molecule has 2 saturated heterocycles. The van der Waals surface area contributed by atoms with Crippen molar-refractivity contribution in [3.8, 4) is 5.75 Å². The molecule has 0 radical (unpaired) electrons. The minimum Gasteiger partial charge on any atom is -0.486 e. The number of carbonyl (C=O) groups excluding carboxylic acids is 1. The van der Waals surface area contributed by atoms with Gasteiger partial charge in [0.15, 0.2) is 0 Å². The Morgan fingerprint density at radius 2 is 2.39 bits per heavy atom. The molecule has 2 unspecified atom stereocenters. The fraction of sp³-hybridized carbons (Fsp3) is 0.412. The van der Waals surface area contributed by atoms with Gasteiger partial charge in [-0.15, -0.1) is 0 Å². The van der Waals surface area contributed by atoms with Gasteiger partial charge in [0.25, 0.3) is 5.91 Å². The number of furan rings is 1. The lowest BCUT2D eigenvalue weighted by Gasteiger charge is -2.23. The lowest BCUT2D eigenvalue weighted by molar-refractivity contribution is 0.00994. The fourth-order valence-electron chi connectivity index (χ4n) is 3.36. The molecule has 2 aromatic rings. The molecule has 1 amide bonds. The van der Waals surface area contributed by atoms with Crippen LogP contribution in [0.15, 0.2) is 47.5 Å². The van der Waals surface area contributed by atoms with Crippen LogP contribution in [0.1, 0.15) is 23.2 Å². The molecule has 2 aliphatic heterocycles. The maximum absolute atomic E-state index is 12.4. The van der Waals surface area contributed by atoms with Crippen molar-refractivity contribution in [2.75, 3.05) is 19.7 Å². The standard InChI is InChI=1S/C17H18N2O4/c20-16(13-3-7-21-10-13)19-6-4-17(12-19)8-15(11-22-17)23-14-2-1-5-18-9-14/h1-3,5,7,9-10,15H,4,6,8,11-12H2. The number of pyridine rings is 1. The van der Waals surface area contributed by atoms with E-state index in [1.54, 1.807) is 18.5 Å². The number of hydrogen-bond acceptors (Lipinski definition) is 5. The van der Waals surface area contributed by atoms with Crippen LogP contribution in [0.5, 0.6) is 5.75 Å². The molecule has 2 aliphatic rings. The van der Waals surface area contributed by atoms with Crippen molar-refractivity contribution in [3.05, 3.63) is 48.7 Å². The van der Waals surface area contributed by atoms with Gasteiger partial charge in [0, 0.05) is 19.2 Å². The predicted molar refractivity (Wildman–Crippen MR) is 81.2 cm³/mol. The van der Waals surface area contributed by atoms with Crippen molar-refractivity contribution in [3.63, 3.8) is 0 Å². The molecular formula is C17H18N2O4. The molecule has 4 heterocycles. The molecule has 0 N–H and O–H groups in total. The number of nitrogens with zero attached hydrogens (tertiary/aromatic N) is 2. The smallest absolute Gasteiger partial charge is 0.257 e. The van der Waals surface area contributed by atoms with Crippen LogP contribution in [-0.4, -0.2) is 47.2 Å². The number of carbonyl (C=O) groups is 1. The Balaban J connectivity index is 1.38. The van der Waals surface area contributed by atoms with E-state index in [4.69, 9.17) is 13.9 Å². The van der Waals surface area contributed by atoms with Gasteiger partial charge in [-0.1, -0.05) is 0 Å². The van der Waals surface area contributed by atoms with Gasteiger partial charge >= 0.3 is 0 Å². The van der Waals surface area contributed by atoms with Crippen LogP contribution in [0, 0.1) is 0 Å². The average Bonchev–Trinajstić information content (AvgIpc) is 3.31. The third-order valence-electron chi connectivity index (χ3n) is 4.48. The molecule has 0 aromatic carbocycles. The molecule has 0 saturated carbocycles. The summed E-state index contributed by atoms with van der Waals surface area (Å²) >= 11 is 0. The number of hydrogen-bond donors (Lipinski definition) is 0. The summed E-state index contributed by atoms with van der Waals surface area (Å²) in [6.45, 7) is 1.84. The monoisotopic (exact) mass is 314 g/mol. The van der Waals surface area contributed by atoms with E-state index in [1.165, 1.54) is 12.5 Å². The molecule has 2 aromatic heterocycles.